The standard InChI is InChI=1S/C29H31FN4O2/c1-19-18-33-28-27(19)26(9-12-32-28)36-25-8-7-22(16-23(25)30)17-24(31)29(35)34-13-10-21(11-14-34)15-20-5-3-2-4-6-20/h2-9,12,16,18,21,24H,10-11,13-15,17,31H2,1H3,(H,32,33). The average Bonchev–Trinajstić information content (AvgIpc) is 3.28. The minimum absolute atomic E-state index is 0.0731. The lowest BCUT2D eigenvalue weighted by Crippen LogP contribution is -2.48. The summed E-state index contributed by atoms with van der Waals surface area (Å²) in [6, 6.07) is 16.2. The normalized spacial score (nSPS) is 15.2. The van der Waals surface area contributed by atoms with Crippen LogP contribution in [-0.2, 0) is 17.6 Å². The number of aromatic nitrogens is 2. The SMILES string of the molecule is Cc1c[nH]c2nccc(Oc3ccc(CC(N)C(=O)N4CCC(Cc5ccccc5)CC4)cc3F)c12. The third-order valence-corrected chi connectivity index (χ3v) is 7.01. The van der Waals surface area contributed by atoms with Crippen LogP contribution < -0.4 is 10.5 Å². The number of amides is 1. The molecule has 3 heterocycles. The van der Waals surface area contributed by atoms with Crippen LogP contribution in [0.25, 0.3) is 11.0 Å². The maximum Gasteiger partial charge on any atom is 0.239 e. The molecule has 1 fully saturated rings. The number of nitrogens with one attached hydrogen (secondary N) is 1. The number of hydrogen-bond acceptors (Lipinski definition) is 4. The summed E-state index contributed by atoms with van der Waals surface area (Å²) in [4.78, 5) is 22.2. The predicted octanol–water partition coefficient (Wildman–Crippen LogP) is 5.15. The number of aryl methyl sites for hydroxylation is 1. The number of carbonyl (C=O) groups excluding carboxylic acids is 1. The number of pyridine rings is 1. The van der Waals surface area contributed by atoms with E-state index < -0.39 is 11.9 Å². The second-order valence-corrected chi connectivity index (χ2v) is 9.64. The van der Waals surface area contributed by atoms with Crippen LogP contribution in [-0.4, -0.2) is 39.9 Å². The van der Waals surface area contributed by atoms with E-state index in [0.717, 1.165) is 30.2 Å². The van der Waals surface area contributed by atoms with Gasteiger partial charge in [0.2, 0.25) is 5.91 Å². The zero-order valence-electron chi connectivity index (χ0n) is 20.4. The second kappa shape index (κ2) is 10.5. The summed E-state index contributed by atoms with van der Waals surface area (Å²) < 4.78 is 20.8. The van der Waals surface area contributed by atoms with Crippen molar-refractivity contribution >= 4 is 16.9 Å². The van der Waals surface area contributed by atoms with Crippen LogP contribution in [0.4, 0.5) is 4.39 Å². The lowest BCUT2D eigenvalue weighted by atomic mass is 9.90. The molecule has 1 saturated heterocycles. The fourth-order valence-corrected chi connectivity index (χ4v) is 5.02. The number of benzene rings is 2. The van der Waals surface area contributed by atoms with Crippen molar-refractivity contribution in [1.82, 2.24) is 14.9 Å². The van der Waals surface area contributed by atoms with Gasteiger partial charge >= 0.3 is 0 Å². The highest BCUT2D eigenvalue weighted by molar-refractivity contribution is 5.86. The molecule has 2 aromatic heterocycles. The lowest BCUT2D eigenvalue weighted by molar-refractivity contribution is -0.133. The van der Waals surface area contributed by atoms with Crippen molar-refractivity contribution < 1.29 is 13.9 Å². The minimum atomic E-state index is -0.704. The summed E-state index contributed by atoms with van der Waals surface area (Å²) in [5.74, 6) is 0.661. The van der Waals surface area contributed by atoms with Crippen LogP contribution in [0.2, 0.25) is 0 Å². The van der Waals surface area contributed by atoms with Gasteiger partial charge in [-0.15, -0.1) is 0 Å². The molecule has 3 N–H and O–H groups in total. The van der Waals surface area contributed by atoms with Crippen LogP contribution in [0.15, 0.2) is 67.0 Å². The number of rotatable bonds is 7. The van der Waals surface area contributed by atoms with Crippen molar-refractivity contribution in [3.63, 3.8) is 0 Å². The van der Waals surface area contributed by atoms with E-state index >= 15 is 0 Å². The molecule has 0 radical (unpaired) electrons. The Kier molecular flexibility index (Phi) is 7.00. The minimum Gasteiger partial charge on any atom is -0.453 e. The molecule has 1 aliphatic heterocycles. The smallest absolute Gasteiger partial charge is 0.239 e. The summed E-state index contributed by atoms with van der Waals surface area (Å²) in [6.07, 6.45) is 6.71. The van der Waals surface area contributed by atoms with Gasteiger partial charge in [0.25, 0.3) is 0 Å². The molecule has 1 unspecified atom stereocenters. The van der Waals surface area contributed by atoms with Gasteiger partial charge in [0.15, 0.2) is 11.6 Å². The van der Waals surface area contributed by atoms with Gasteiger partial charge in [0.05, 0.1) is 11.4 Å². The fraction of sp³-hybridized carbons (Fsp3) is 0.310. The van der Waals surface area contributed by atoms with Gasteiger partial charge < -0.3 is 20.4 Å². The van der Waals surface area contributed by atoms with Gasteiger partial charge in [0, 0.05) is 25.5 Å². The van der Waals surface area contributed by atoms with E-state index in [2.05, 4.69) is 34.2 Å². The van der Waals surface area contributed by atoms with E-state index in [1.165, 1.54) is 11.6 Å². The zero-order chi connectivity index (χ0) is 25.1. The third-order valence-electron chi connectivity index (χ3n) is 7.01. The first-order chi connectivity index (χ1) is 17.5. The molecule has 36 heavy (non-hydrogen) atoms. The number of H-pyrrole nitrogens is 1. The number of piperidine rings is 1. The highest BCUT2D eigenvalue weighted by atomic mass is 19.1. The molecular formula is C29H31FN4O2. The largest absolute Gasteiger partial charge is 0.453 e. The Morgan fingerprint density at radius 1 is 1.14 bits per heavy atom. The Labute approximate surface area is 210 Å². The summed E-state index contributed by atoms with van der Waals surface area (Å²) >= 11 is 0. The first kappa shape index (κ1) is 24.0. The first-order valence-electron chi connectivity index (χ1n) is 12.4. The molecular weight excluding hydrogens is 455 g/mol. The van der Waals surface area contributed by atoms with Crippen molar-refractivity contribution in [2.45, 2.75) is 38.6 Å². The van der Waals surface area contributed by atoms with Gasteiger partial charge in [-0.3, -0.25) is 4.79 Å². The van der Waals surface area contributed by atoms with Gasteiger partial charge in [-0.2, -0.15) is 0 Å². The molecule has 0 bridgehead atoms. The Balaban J connectivity index is 1.17. The third kappa shape index (κ3) is 5.26. The summed E-state index contributed by atoms with van der Waals surface area (Å²) in [6.45, 7) is 3.37. The number of likely N-dealkylation sites (tertiary alicyclic amines) is 1. The van der Waals surface area contributed by atoms with E-state index in [9.17, 15) is 9.18 Å². The van der Waals surface area contributed by atoms with E-state index in [1.807, 2.05) is 24.1 Å². The van der Waals surface area contributed by atoms with Gasteiger partial charge in [0.1, 0.15) is 11.4 Å². The van der Waals surface area contributed by atoms with Crippen LogP contribution in [0.3, 0.4) is 0 Å². The van der Waals surface area contributed by atoms with Crippen LogP contribution in [0, 0.1) is 18.7 Å². The second-order valence-electron chi connectivity index (χ2n) is 9.64. The number of fused-ring (bicyclic) bond motifs is 1. The van der Waals surface area contributed by atoms with Crippen LogP contribution >= 0.6 is 0 Å². The quantitative estimate of drug-likeness (QED) is 0.378. The van der Waals surface area contributed by atoms with Crippen molar-refractivity contribution in [3.8, 4) is 11.5 Å². The molecule has 4 aromatic rings. The van der Waals surface area contributed by atoms with Gasteiger partial charge in [-0.05, 0) is 73.4 Å². The molecule has 0 spiro atoms. The summed E-state index contributed by atoms with van der Waals surface area (Å²) in [5.41, 5.74) is 9.93. The molecule has 0 aliphatic carbocycles. The molecule has 6 nitrogen and oxygen atoms in total. The lowest BCUT2D eigenvalue weighted by Gasteiger charge is -2.33. The number of hydrogen-bond donors (Lipinski definition) is 2. The monoisotopic (exact) mass is 486 g/mol. The zero-order valence-corrected chi connectivity index (χ0v) is 20.4. The Morgan fingerprint density at radius 3 is 2.67 bits per heavy atom. The van der Waals surface area contributed by atoms with E-state index in [4.69, 9.17) is 10.5 Å². The maximum absolute atomic E-state index is 14.9. The number of ether oxygens (including phenoxy) is 1. The van der Waals surface area contributed by atoms with Crippen LogP contribution in [0.5, 0.6) is 11.5 Å². The van der Waals surface area contributed by atoms with E-state index in [1.54, 1.807) is 24.4 Å². The number of nitrogens with two attached hydrogens (primary N) is 1. The fourth-order valence-electron chi connectivity index (χ4n) is 5.02. The summed E-state index contributed by atoms with van der Waals surface area (Å²) in [5, 5.41) is 0.820. The Bertz CT molecular complexity index is 1350. The molecule has 1 aliphatic rings. The molecule has 5 rings (SSSR count). The highest BCUT2D eigenvalue weighted by Gasteiger charge is 2.27. The molecule has 1 atom stereocenters. The molecule has 186 valence electrons. The van der Waals surface area contributed by atoms with Crippen molar-refractivity contribution in [3.05, 3.63) is 89.5 Å². The van der Waals surface area contributed by atoms with Gasteiger partial charge in [-0.25, -0.2) is 9.37 Å². The number of nitrogens with zero attached hydrogens (tertiary/aromatic N) is 2. The van der Waals surface area contributed by atoms with Crippen molar-refractivity contribution in [1.29, 1.82) is 0 Å². The average molecular weight is 487 g/mol. The Morgan fingerprint density at radius 2 is 1.92 bits per heavy atom. The molecule has 7 heteroatoms. The van der Waals surface area contributed by atoms with Crippen LogP contribution in [0.1, 0.15) is 29.5 Å². The number of carbonyl (C=O) groups is 1. The van der Waals surface area contributed by atoms with E-state index in [-0.39, 0.29) is 18.1 Å². The maximum atomic E-state index is 14.9. The number of aromatic amines is 1. The molecule has 1 amide bonds. The molecule has 2 aromatic carbocycles. The predicted molar refractivity (Wildman–Crippen MR) is 138 cm³/mol. The van der Waals surface area contributed by atoms with Crippen molar-refractivity contribution in [2.75, 3.05) is 13.1 Å². The number of halogens is 1. The van der Waals surface area contributed by atoms with Gasteiger partial charge in [-0.1, -0.05) is 36.4 Å². The topological polar surface area (TPSA) is 84.2 Å². The summed E-state index contributed by atoms with van der Waals surface area (Å²) in [7, 11) is 0. The highest BCUT2D eigenvalue weighted by Crippen LogP contribution is 2.32. The first-order valence-corrected chi connectivity index (χ1v) is 12.4. The molecule has 0 saturated carbocycles. The van der Waals surface area contributed by atoms with Crippen molar-refractivity contribution in [2.24, 2.45) is 11.7 Å². The Hall–Kier alpha value is -3.71. The van der Waals surface area contributed by atoms with E-state index in [0.29, 0.717) is 36.0 Å².